The first-order valence-electron chi connectivity index (χ1n) is 4.83. The minimum Gasteiger partial charge on any atom is -0.273 e. The maximum atomic E-state index is 11.1. The average Bonchev–Trinajstić information content (AvgIpc) is 2.27. The van der Waals surface area contributed by atoms with Gasteiger partial charge in [0, 0.05) is 18.8 Å². The molecule has 0 unspecified atom stereocenters. The summed E-state index contributed by atoms with van der Waals surface area (Å²) in [5, 5.41) is 3.93. The summed E-state index contributed by atoms with van der Waals surface area (Å²) in [5.74, 6) is -0.0826. The number of nitrogens with zero attached hydrogens (tertiary/aromatic N) is 3. The Bertz CT molecular complexity index is 348. The third-order valence-electron chi connectivity index (χ3n) is 1.76. The van der Waals surface area contributed by atoms with E-state index in [0.717, 1.165) is 6.42 Å². The van der Waals surface area contributed by atoms with Crippen LogP contribution in [0.15, 0.2) is 23.7 Å². The van der Waals surface area contributed by atoms with Crippen molar-refractivity contribution in [3.8, 4) is 0 Å². The summed E-state index contributed by atoms with van der Waals surface area (Å²) in [6.45, 7) is 3.72. The normalized spacial score (nSPS) is 11.2. The van der Waals surface area contributed by atoms with Gasteiger partial charge in [0.2, 0.25) is 5.91 Å². The fraction of sp³-hybridized carbons (Fsp3) is 0.400. The lowest BCUT2D eigenvalue weighted by Crippen LogP contribution is -2.18. The number of rotatable bonds is 4. The summed E-state index contributed by atoms with van der Waals surface area (Å²) in [5.41, 5.74) is 3.77. The van der Waals surface area contributed by atoms with Gasteiger partial charge in [-0.1, -0.05) is 6.92 Å². The molecule has 0 aliphatic heterocycles. The van der Waals surface area contributed by atoms with Crippen LogP contribution in [0.2, 0.25) is 0 Å². The molecule has 1 aromatic rings. The van der Waals surface area contributed by atoms with Gasteiger partial charge < -0.3 is 0 Å². The molecule has 0 aliphatic rings. The summed E-state index contributed by atoms with van der Waals surface area (Å²) in [6.07, 6.45) is 6.07. The fourth-order valence-electron chi connectivity index (χ4n) is 0.972. The van der Waals surface area contributed by atoms with Crippen molar-refractivity contribution >= 4 is 11.6 Å². The van der Waals surface area contributed by atoms with E-state index >= 15 is 0 Å². The molecule has 0 aromatic carbocycles. The number of aromatic nitrogens is 2. The molecule has 1 rings (SSSR count). The molecule has 0 saturated heterocycles. The van der Waals surface area contributed by atoms with Gasteiger partial charge in [0.15, 0.2) is 0 Å². The highest BCUT2D eigenvalue weighted by Gasteiger charge is 2.00. The minimum absolute atomic E-state index is 0.0826. The SMILES string of the molecule is CCCC(=O)NN=C(C)c1cnccn1. The monoisotopic (exact) mass is 206 g/mol. The molecule has 1 N–H and O–H groups in total. The standard InChI is InChI=1S/C10H14N4O/c1-3-4-10(15)14-13-8(2)9-7-11-5-6-12-9/h5-7H,3-4H2,1-2H3,(H,14,15). The summed E-state index contributed by atoms with van der Waals surface area (Å²) in [4.78, 5) is 19.1. The van der Waals surface area contributed by atoms with Crippen LogP contribution in [0.25, 0.3) is 0 Å². The van der Waals surface area contributed by atoms with Crippen LogP contribution >= 0.6 is 0 Å². The van der Waals surface area contributed by atoms with Gasteiger partial charge in [-0.3, -0.25) is 14.8 Å². The summed E-state index contributed by atoms with van der Waals surface area (Å²) in [7, 11) is 0. The zero-order chi connectivity index (χ0) is 11.1. The molecule has 15 heavy (non-hydrogen) atoms. The van der Waals surface area contributed by atoms with E-state index in [2.05, 4.69) is 20.5 Å². The zero-order valence-electron chi connectivity index (χ0n) is 8.90. The summed E-state index contributed by atoms with van der Waals surface area (Å²) >= 11 is 0. The predicted octanol–water partition coefficient (Wildman–Crippen LogP) is 1.12. The van der Waals surface area contributed by atoms with Crippen LogP contribution in [0, 0.1) is 0 Å². The van der Waals surface area contributed by atoms with Crippen molar-refractivity contribution in [3.63, 3.8) is 0 Å². The first-order valence-corrected chi connectivity index (χ1v) is 4.83. The Morgan fingerprint density at radius 3 is 2.93 bits per heavy atom. The maximum Gasteiger partial charge on any atom is 0.240 e. The molecule has 1 aromatic heterocycles. The molecule has 0 aliphatic carbocycles. The molecule has 0 radical (unpaired) electrons. The smallest absolute Gasteiger partial charge is 0.240 e. The van der Waals surface area contributed by atoms with Gasteiger partial charge in [-0.25, -0.2) is 5.43 Å². The molecule has 5 heteroatoms. The van der Waals surface area contributed by atoms with Crippen molar-refractivity contribution in [2.24, 2.45) is 5.10 Å². The number of amides is 1. The number of carbonyl (C=O) groups excluding carboxylic acids is 1. The third-order valence-corrected chi connectivity index (χ3v) is 1.76. The highest BCUT2D eigenvalue weighted by Crippen LogP contribution is 1.93. The number of hydrazone groups is 1. The number of carbonyl (C=O) groups is 1. The maximum absolute atomic E-state index is 11.1. The Balaban J connectivity index is 2.57. The second kappa shape index (κ2) is 5.85. The molecule has 5 nitrogen and oxygen atoms in total. The van der Waals surface area contributed by atoms with E-state index in [1.807, 2.05) is 6.92 Å². The highest BCUT2D eigenvalue weighted by atomic mass is 16.2. The van der Waals surface area contributed by atoms with E-state index in [4.69, 9.17) is 0 Å². The lowest BCUT2D eigenvalue weighted by Gasteiger charge is -2.00. The molecular weight excluding hydrogens is 192 g/mol. The predicted molar refractivity (Wildman–Crippen MR) is 57.3 cm³/mol. The van der Waals surface area contributed by atoms with E-state index in [1.165, 1.54) is 0 Å². The Morgan fingerprint density at radius 1 is 1.53 bits per heavy atom. The molecule has 0 bridgehead atoms. The Labute approximate surface area is 88.6 Å². The van der Waals surface area contributed by atoms with Gasteiger partial charge in [0.1, 0.15) is 5.69 Å². The number of hydrogen-bond acceptors (Lipinski definition) is 4. The van der Waals surface area contributed by atoms with Gasteiger partial charge in [-0.15, -0.1) is 0 Å². The van der Waals surface area contributed by atoms with Crippen molar-refractivity contribution < 1.29 is 4.79 Å². The molecule has 0 fully saturated rings. The second-order valence-corrected chi connectivity index (χ2v) is 3.07. The second-order valence-electron chi connectivity index (χ2n) is 3.07. The van der Waals surface area contributed by atoms with Crippen LogP contribution < -0.4 is 5.43 Å². The quantitative estimate of drug-likeness (QED) is 0.593. The lowest BCUT2D eigenvalue weighted by molar-refractivity contribution is -0.121. The van der Waals surface area contributed by atoms with E-state index in [9.17, 15) is 4.79 Å². The molecule has 1 heterocycles. The molecule has 0 atom stereocenters. The van der Waals surface area contributed by atoms with Crippen LogP contribution in [0.4, 0.5) is 0 Å². The van der Waals surface area contributed by atoms with Gasteiger partial charge in [0.25, 0.3) is 0 Å². The van der Waals surface area contributed by atoms with Crippen molar-refractivity contribution in [1.82, 2.24) is 15.4 Å². The first-order chi connectivity index (χ1) is 7.24. The Kier molecular flexibility index (Phi) is 4.40. The summed E-state index contributed by atoms with van der Waals surface area (Å²) < 4.78 is 0. The van der Waals surface area contributed by atoms with Crippen molar-refractivity contribution in [1.29, 1.82) is 0 Å². The fourth-order valence-corrected chi connectivity index (χ4v) is 0.972. The molecule has 1 amide bonds. The van der Waals surface area contributed by atoms with Gasteiger partial charge in [-0.2, -0.15) is 5.10 Å². The largest absolute Gasteiger partial charge is 0.273 e. The van der Waals surface area contributed by atoms with Gasteiger partial charge in [0.05, 0.1) is 11.9 Å². The van der Waals surface area contributed by atoms with E-state index in [-0.39, 0.29) is 5.91 Å². The van der Waals surface area contributed by atoms with Crippen molar-refractivity contribution in [2.75, 3.05) is 0 Å². The Morgan fingerprint density at radius 2 is 2.33 bits per heavy atom. The van der Waals surface area contributed by atoms with Gasteiger partial charge in [-0.05, 0) is 13.3 Å². The zero-order valence-corrected chi connectivity index (χ0v) is 8.90. The van der Waals surface area contributed by atoms with Crippen LogP contribution in [0.5, 0.6) is 0 Å². The van der Waals surface area contributed by atoms with E-state index in [0.29, 0.717) is 17.8 Å². The third kappa shape index (κ3) is 3.84. The molecular formula is C10H14N4O. The average molecular weight is 206 g/mol. The van der Waals surface area contributed by atoms with E-state index < -0.39 is 0 Å². The highest BCUT2D eigenvalue weighted by molar-refractivity contribution is 5.97. The minimum atomic E-state index is -0.0826. The lowest BCUT2D eigenvalue weighted by atomic mass is 10.3. The van der Waals surface area contributed by atoms with Gasteiger partial charge >= 0.3 is 0 Å². The molecule has 80 valence electrons. The van der Waals surface area contributed by atoms with Crippen LogP contribution in [0.1, 0.15) is 32.4 Å². The molecule has 0 saturated carbocycles. The summed E-state index contributed by atoms with van der Waals surface area (Å²) in [6, 6.07) is 0. The molecule has 0 spiro atoms. The van der Waals surface area contributed by atoms with Crippen LogP contribution in [-0.4, -0.2) is 21.6 Å². The van der Waals surface area contributed by atoms with Crippen LogP contribution in [0.3, 0.4) is 0 Å². The van der Waals surface area contributed by atoms with Crippen molar-refractivity contribution in [2.45, 2.75) is 26.7 Å². The topological polar surface area (TPSA) is 67.2 Å². The van der Waals surface area contributed by atoms with Crippen LogP contribution in [-0.2, 0) is 4.79 Å². The first kappa shape index (κ1) is 11.3. The number of hydrogen-bond donors (Lipinski definition) is 1. The Hall–Kier alpha value is -1.78. The van der Waals surface area contributed by atoms with Crippen molar-refractivity contribution in [3.05, 3.63) is 24.3 Å². The van der Waals surface area contributed by atoms with E-state index in [1.54, 1.807) is 25.5 Å². The number of nitrogens with one attached hydrogen (secondary N) is 1.